The van der Waals surface area contributed by atoms with Gasteiger partial charge in [-0.05, 0) is 52.0 Å². The number of hydrogen-bond acceptors (Lipinski definition) is 7. The number of nitrogens with zero attached hydrogens (tertiary/aromatic N) is 8. The van der Waals surface area contributed by atoms with Crippen LogP contribution in [0.5, 0.6) is 5.75 Å². The van der Waals surface area contributed by atoms with E-state index < -0.39 is 40.7 Å². The molecule has 0 unspecified atom stereocenters. The number of likely N-dealkylation sites (N-methyl/N-ethyl adjacent to an activating group) is 1. The minimum absolute atomic E-state index is 0.000000420. The van der Waals surface area contributed by atoms with Gasteiger partial charge in [0.15, 0.2) is 5.65 Å². The van der Waals surface area contributed by atoms with Gasteiger partial charge in [-0.25, -0.2) is 14.2 Å². The van der Waals surface area contributed by atoms with E-state index in [2.05, 4.69) is 16.5 Å². The first-order valence-electron chi connectivity index (χ1n) is 14.4. The second-order valence-corrected chi connectivity index (χ2v) is 12.7. The van der Waals surface area contributed by atoms with E-state index in [4.69, 9.17) is 23.2 Å². The van der Waals surface area contributed by atoms with Crippen molar-refractivity contribution in [2.75, 3.05) is 29.9 Å². The minimum Gasteiger partial charge on any atom is -0.507 e. The Morgan fingerprint density at radius 1 is 1.24 bits per heavy atom. The number of hydrogen-bond donors (Lipinski definition) is 1. The van der Waals surface area contributed by atoms with Crippen LogP contribution in [0.2, 0.25) is 5.02 Å². The number of phenols is 1. The third kappa shape index (κ3) is 4.43. The van der Waals surface area contributed by atoms with Crippen LogP contribution in [0, 0.1) is 12.4 Å². The van der Waals surface area contributed by atoms with Crippen LogP contribution < -0.4 is 15.4 Å². The molecule has 0 bridgehead atoms. The Morgan fingerprint density at radius 3 is 2.59 bits per heavy atom. The Morgan fingerprint density at radius 2 is 1.96 bits per heavy atom. The fourth-order valence-corrected chi connectivity index (χ4v) is 6.60. The third-order valence-corrected chi connectivity index (χ3v) is 8.65. The van der Waals surface area contributed by atoms with Gasteiger partial charge in [0.25, 0.3) is 11.5 Å². The van der Waals surface area contributed by atoms with E-state index in [0.717, 1.165) is 6.07 Å². The fourth-order valence-electron chi connectivity index (χ4n) is 6.35. The van der Waals surface area contributed by atoms with Crippen LogP contribution in [0.25, 0.3) is 33.0 Å². The molecule has 1 saturated heterocycles. The Balaban J connectivity index is 1.78. The lowest BCUT2D eigenvalue weighted by Gasteiger charge is -2.50. The third-order valence-electron chi connectivity index (χ3n) is 8.36. The molecule has 2 aliphatic rings. The monoisotopic (exact) mass is 644 g/mol. The molecule has 1 N–H and O–H groups in total. The van der Waals surface area contributed by atoms with Gasteiger partial charge < -0.3 is 19.8 Å². The molecule has 236 valence electrons. The SMILES string of the molecule is [C-]#[N+]c1cnn(C(C)(C)C)c1-n1c(=O)c2c(c3cc(Cl)c(-c4c(O)cccc4F)nc31)N1[C@H](C)CN(C(=O)C=C)C[C@@H]1C(=O)N2C. The summed E-state index contributed by atoms with van der Waals surface area (Å²) in [4.78, 5) is 54.3. The van der Waals surface area contributed by atoms with Crippen molar-refractivity contribution in [3.8, 4) is 22.8 Å². The summed E-state index contributed by atoms with van der Waals surface area (Å²) < 4.78 is 17.9. The van der Waals surface area contributed by atoms with Gasteiger partial charge in [0, 0.05) is 25.0 Å². The number of fused-ring (bicyclic) bond motifs is 5. The molecule has 5 heterocycles. The summed E-state index contributed by atoms with van der Waals surface area (Å²) in [5, 5.41) is 15.4. The molecular weight excluding hydrogens is 615 g/mol. The number of piperazine rings is 1. The van der Waals surface area contributed by atoms with E-state index in [1.165, 1.54) is 56.6 Å². The molecule has 4 aromatic rings. The van der Waals surface area contributed by atoms with Crippen LogP contribution in [0.1, 0.15) is 27.7 Å². The highest BCUT2D eigenvalue weighted by Crippen LogP contribution is 2.45. The van der Waals surface area contributed by atoms with Crippen molar-refractivity contribution in [3.63, 3.8) is 0 Å². The summed E-state index contributed by atoms with van der Waals surface area (Å²) in [7, 11) is 1.48. The van der Waals surface area contributed by atoms with Crippen molar-refractivity contribution < 1.29 is 19.1 Å². The van der Waals surface area contributed by atoms with E-state index in [1.807, 2.05) is 27.7 Å². The van der Waals surface area contributed by atoms with Crippen molar-refractivity contribution in [1.82, 2.24) is 24.2 Å². The molecule has 0 radical (unpaired) electrons. The lowest BCUT2D eigenvalue weighted by molar-refractivity contribution is -0.129. The van der Waals surface area contributed by atoms with Crippen LogP contribution in [0.3, 0.4) is 0 Å². The number of aromatic nitrogens is 4. The molecule has 2 aliphatic heterocycles. The summed E-state index contributed by atoms with van der Waals surface area (Å²) in [6, 6.07) is 4.01. The van der Waals surface area contributed by atoms with E-state index in [1.54, 1.807) is 4.90 Å². The number of benzene rings is 1. The van der Waals surface area contributed by atoms with Crippen molar-refractivity contribution in [3.05, 3.63) is 75.7 Å². The van der Waals surface area contributed by atoms with Gasteiger partial charge in [0.1, 0.15) is 29.1 Å². The topological polar surface area (TPSA) is 121 Å². The molecule has 0 saturated carbocycles. The first-order chi connectivity index (χ1) is 21.7. The number of amides is 2. The summed E-state index contributed by atoms with van der Waals surface area (Å²) in [6.45, 7) is 19.1. The first kappa shape index (κ1) is 30.8. The van der Waals surface area contributed by atoms with E-state index in [9.17, 15) is 19.5 Å². The Bertz CT molecular complexity index is 2070. The largest absolute Gasteiger partial charge is 0.507 e. The molecule has 1 fully saturated rings. The fraction of sp³-hybridized carbons (Fsp3) is 0.312. The smallest absolute Gasteiger partial charge is 0.283 e. The van der Waals surface area contributed by atoms with Crippen LogP contribution in [0.4, 0.5) is 21.5 Å². The maximum atomic E-state index is 15.2. The zero-order chi connectivity index (χ0) is 33.4. The number of anilines is 2. The number of halogens is 2. The number of pyridine rings is 2. The normalized spacial score (nSPS) is 18.0. The second-order valence-electron chi connectivity index (χ2n) is 12.3. The minimum atomic E-state index is -0.850. The van der Waals surface area contributed by atoms with Gasteiger partial charge in [-0.15, -0.1) is 0 Å². The van der Waals surface area contributed by atoms with Crippen molar-refractivity contribution in [2.24, 2.45) is 0 Å². The maximum absolute atomic E-state index is 15.2. The average Bonchev–Trinajstić information content (AvgIpc) is 3.44. The number of aromatic hydroxyl groups is 1. The molecular formula is C32H30ClFN8O4. The van der Waals surface area contributed by atoms with E-state index >= 15 is 4.39 Å². The maximum Gasteiger partial charge on any atom is 0.283 e. The summed E-state index contributed by atoms with van der Waals surface area (Å²) in [5.74, 6) is -1.84. The molecule has 3 aromatic heterocycles. The van der Waals surface area contributed by atoms with Crippen LogP contribution in [-0.4, -0.2) is 73.4 Å². The molecule has 0 aliphatic carbocycles. The van der Waals surface area contributed by atoms with Gasteiger partial charge in [0.2, 0.25) is 11.6 Å². The van der Waals surface area contributed by atoms with Crippen molar-refractivity contribution in [1.29, 1.82) is 0 Å². The van der Waals surface area contributed by atoms with Crippen LogP contribution in [0.15, 0.2) is 47.9 Å². The zero-order valence-electron chi connectivity index (χ0n) is 25.7. The zero-order valence-corrected chi connectivity index (χ0v) is 26.5. The van der Waals surface area contributed by atoms with Gasteiger partial charge in [-0.3, -0.25) is 23.6 Å². The average molecular weight is 645 g/mol. The predicted molar refractivity (Wildman–Crippen MR) is 172 cm³/mol. The quantitative estimate of drug-likeness (QED) is 0.255. The molecule has 12 nitrogen and oxygen atoms in total. The molecule has 6 rings (SSSR count). The number of rotatable bonds is 3. The Kier molecular flexibility index (Phi) is 7.16. The predicted octanol–water partition coefficient (Wildman–Crippen LogP) is 4.62. The molecule has 2 atom stereocenters. The van der Waals surface area contributed by atoms with Gasteiger partial charge >= 0.3 is 0 Å². The second kappa shape index (κ2) is 10.7. The molecule has 1 aromatic carbocycles. The standard InChI is InChI=1S/C32H30ClFN8O4/c1-8-23(44)39-14-16(2)40-21(15-39)30(45)38(7)27-26(40)17-12-18(33)25(24-19(34)10-9-11-22(24)43)37-28(17)41(31(27)46)29-20(35-6)13-36-42(29)32(3,4)5/h8-13,16,21,43H,1,14-15H2,2-5,7H3/t16-,21-/m1/s1. The first-order valence-corrected chi connectivity index (χ1v) is 14.8. The van der Waals surface area contributed by atoms with Crippen LogP contribution >= 0.6 is 11.6 Å². The molecule has 14 heteroatoms. The summed E-state index contributed by atoms with van der Waals surface area (Å²) in [6.07, 6.45) is 2.53. The van der Waals surface area contributed by atoms with Gasteiger partial charge in [0.05, 0.1) is 46.8 Å². The highest BCUT2D eigenvalue weighted by atomic mass is 35.5. The van der Waals surface area contributed by atoms with Crippen molar-refractivity contribution in [2.45, 2.75) is 45.3 Å². The van der Waals surface area contributed by atoms with E-state index in [0.29, 0.717) is 11.1 Å². The Labute approximate surface area is 268 Å². The number of carbonyl (C=O) groups is 2. The Hall–Kier alpha value is -5.22. The van der Waals surface area contributed by atoms with Crippen molar-refractivity contribution >= 4 is 51.5 Å². The van der Waals surface area contributed by atoms with E-state index in [-0.39, 0.29) is 58.1 Å². The number of phenolic OH excluding ortho intramolecular Hbond substituents is 1. The molecule has 0 spiro atoms. The van der Waals surface area contributed by atoms with Gasteiger partial charge in [-0.1, -0.05) is 24.2 Å². The molecule has 46 heavy (non-hydrogen) atoms. The highest BCUT2D eigenvalue weighted by Gasteiger charge is 2.47. The lowest BCUT2D eigenvalue weighted by Crippen LogP contribution is -2.66. The number of carbonyl (C=O) groups excluding carboxylic acids is 2. The summed E-state index contributed by atoms with van der Waals surface area (Å²) >= 11 is 6.81. The van der Waals surface area contributed by atoms with Crippen LogP contribution in [-0.2, 0) is 15.1 Å². The van der Waals surface area contributed by atoms with Gasteiger partial charge in [-0.2, -0.15) is 5.10 Å². The molecule has 2 amide bonds. The highest BCUT2D eigenvalue weighted by molar-refractivity contribution is 6.34. The summed E-state index contributed by atoms with van der Waals surface area (Å²) in [5.41, 5.74) is -1.38. The lowest BCUT2D eigenvalue weighted by atomic mass is 9.97.